The maximum absolute atomic E-state index is 4.40. The highest BCUT2D eigenvalue weighted by molar-refractivity contribution is 8.09. The Morgan fingerprint density at radius 2 is 2.17 bits per heavy atom. The lowest BCUT2D eigenvalue weighted by atomic mass is 10.3. The highest BCUT2D eigenvalue weighted by Gasteiger charge is 2.16. The minimum absolute atomic E-state index is 0.898. The van der Waals surface area contributed by atoms with E-state index in [0.29, 0.717) is 0 Å². The summed E-state index contributed by atoms with van der Waals surface area (Å²) >= 11 is 1.84. The van der Waals surface area contributed by atoms with Crippen molar-refractivity contribution in [3.8, 4) is 0 Å². The Labute approximate surface area is 74.5 Å². The van der Waals surface area contributed by atoms with Crippen LogP contribution in [0.4, 0.5) is 0 Å². The third-order valence-corrected chi connectivity index (χ3v) is 3.15. The number of nitrogens with zero attached hydrogens (tertiary/aromatic N) is 1. The van der Waals surface area contributed by atoms with Crippen molar-refractivity contribution < 1.29 is 0 Å². The smallest absolute Gasteiger partial charge is 0.0898 e. The van der Waals surface area contributed by atoms with Gasteiger partial charge in [-0.25, -0.2) is 0 Å². The molecule has 0 amide bonds. The number of rotatable bonds is 0. The molecular weight excluding hydrogens is 166 g/mol. The van der Waals surface area contributed by atoms with Crippen LogP contribution in [0.3, 0.4) is 0 Å². The Morgan fingerprint density at radius 1 is 1.25 bits per heavy atom. The Kier molecular flexibility index (Phi) is 1.21. The zero-order valence-corrected chi connectivity index (χ0v) is 7.27. The molecule has 58 valence electrons. The quantitative estimate of drug-likeness (QED) is 0.563. The summed E-state index contributed by atoms with van der Waals surface area (Å²) in [6.07, 6.45) is 2.17. The van der Waals surface area contributed by atoms with E-state index in [2.05, 4.69) is 35.3 Å². The van der Waals surface area contributed by atoms with Gasteiger partial charge in [-0.05, 0) is 16.5 Å². The minimum Gasteiger partial charge on any atom is -0.273 e. The van der Waals surface area contributed by atoms with Gasteiger partial charge in [0.25, 0.3) is 0 Å². The summed E-state index contributed by atoms with van der Waals surface area (Å²) in [7, 11) is 0. The zero-order chi connectivity index (χ0) is 7.97. The summed E-state index contributed by atoms with van der Waals surface area (Å²) in [5.74, 6) is 0.898. The van der Waals surface area contributed by atoms with E-state index in [9.17, 15) is 0 Å². The summed E-state index contributed by atoms with van der Waals surface area (Å²) in [4.78, 5) is 5.77. The fourth-order valence-electron chi connectivity index (χ4n) is 1.62. The molecule has 0 unspecified atom stereocenters. The van der Waals surface area contributed by atoms with Crippen molar-refractivity contribution >= 4 is 28.5 Å². The molecule has 1 aromatic rings. The van der Waals surface area contributed by atoms with Crippen LogP contribution in [0.2, 0.25) is 0 Å². The van der Waals surface area contributed by atoms with Gasteiger partial charge in [0.05, 0.1) is 11.6 Å². The topological polar surface area (TPSA) is 12.4 Å². The van der Waals surface area contributed by atoms with Gasteiger partial charge in [-0.2, -0.15) is 0 Å². The van der Waals surface area contributed by atoms with E-state index in [1.807, 2.05) is 11.8 Å². The van der Waals surface area contributed by atoms with Crippen molar-refractivity contribution in [2.75, 3.05) is 5.88 Å². The van der Waals surface area contributed by atoms with Crippen LogP contribution < -0.4 is 10.4 Å². The van der Waals surface area contributed by atoms with Crippen molar-refractivity contribution in [1.82, 2.24) is 0 Å². The van der Waals surface area contributed by atoms with E-state index < -0.39 is 0 Å². The predicted octanol–water partition coefficient (Wildman–Crippen LogP) is 0.734. The summed E-state index contributed by atoms with van der Waals surface area (Å²) in [5.41, 5.74) is 1.18. The molecule has 0 spiro atoms. The maximum Gasteiger partial charge on any atom is 0.0898 e. The van der Waals surface area contributed by atoms with E-state index in [-0.39, 0.29) is 0 Å². The molecule has 0 saturated carbocycles. The number of thioether (sulfide) groups is 1. The van der Waals surface area contributed by atoms with Crippen molar-refractivity contribution in [1.29, 1.82) is 0 Å². The minimum atomic E-state index is 0.898. The number of benzene rings is 1. The Morgan fingerprint density at radius 3 is 3.17 bits per heavy atom. The second kappa shape index (κ2) is 2.23. The van der Waals surface area contributed by atoms with Gasteiger partial charge in [0.2, 0.25) is 0 Å². The molecule has 0 aromatic heterocycles. The normalized spacial score (nSPS) is 18.3. The molecule has 12 heavy (non-hydrogen) atoms. The standard InChI is InChI=1S/C10H7NS/c1-2-4-8-7(3-1)5-9-10(8)12-6-11-9/h1-5H,6H2. The van der Waals surface area contributed by atoms with E-state index in [0.717, 1.165) is 5.88 Å². The van der Waals surface area contributed by atoms with Gasteiger partial charge < -0.3 is 0 Å². The second-order valence-electron chi connectivity index (χ2n) is 2.88. The first-order valence-corrected chi connectivity index (χ1v) is 4.92. The number of fused-ring (bicyclic) bond motifs is 2. The first-order chi connectivity index (χ1) is 5.95. The van der Waals surface area contributed by atoms with Gasteiger partial charge in [-0.15, -0.1) is 0 Å². The summed E-state index contributed by atoms with van der Waals surface area (Å²) in [5, 5.41) is 2.68. The third kappa shape index (κ3) is 0.730. The zero-order valence-electron chi connectivity index (χ0n) is 6.45. The molecule has 1 aliphatic carbocycles. The molecular formula is C10H7NS. The molecule has 2 heteroatoms. The van der Waals surface area contributed by atoms with Gasteiger partial charge in [0.1, 0.15) is 0 Å². The average molecular weight is 173 g/mol. The van der Waals surface area contributed by atoms with Crippen LogP contribution in [0.1, 0.15) is 0 Å². The first kappa shape index (κ1) is 6.49. The molecule has 0 saturated heterocycles. The maximum atomic E-state index is 4.40. The van der Waals surface area contributed by atoms with Crippen LogP contribution in [0.5, 0.6) is 0 Å². The van der Waals surface area contributed by atoms with Crippen LogP contribution in [-0.2, 0) is 0 Å². The summed E-state index contributed by atoms with van der Waals surface area (Å²) in [6, 6.07) is 8.47. The number of hydrogen-bond acceptors (Lipinski definition) is 2. The molecule has 0 radical (unpaired) electrons. The number of aliphatic imine (C=N–C) groups is 1. The van der Waals surface area contributed by atoms with Crippen molar-refractivity contribution in [2.24, 2.45) is 4.99 Å². The molecule has 1 nitrogen and oxygen atoms in total. The Hall–Kier alpha value is -1.02. The van der Waals surface area contributed by atoms with Crippen LogP contribution >= 0.6 is 11.8 Å². The van der Waals surface area contributed by atoms with Crippen molar-refractivity contribution in [3.05, 3.63) is 34.7 Å². The van der Waals surface area contributed by atoms with Crippen LogP contribution in [0.15, 0.2) is 29.3 Å². The largest absolute Gasteiger partial charge is 0.273 e. The molecule has 0 bridgehead atoms. The lowest BCUT2D eigenvalue weighted by Gasteiger charge is -1.88. The first-order valence-electron chi connectivity index (χ1n) is 3.94. The summed E-state index contributed by atoms with van der Waals surface area (Å²) < 4.78 is 0. The Balaban J connectivity index is 2.52. The van der Waals surface area contributed by atoms with E-state index in [1.165, 1.54) is 21.1 Å². The molecule has 1 aromatic carbocycles. The van der Waals surface area contributed by atoms with E-state index in [4.69, 9.17) is 0 Å². The SMILES string of the molecule is C1=c2ccccc2=C2SCN=C12. The van der Waals surface area contributed by atoms with Crippen LogP contribution in [0, 0.1) is 0 Å². The van der Waals surface area contributed by atoms with Gasteiger partial charge in [-0.3, -0.25) is 4.99 Å². The molecule has 1 heterocycles. The molecule has 0 fully saturated rings. The fourth-order valence-corrected chi connectivity index (χ4v) is 2.56. The van der Waals surface area contributed by atoms with E-state index in [1.54, 1.807) is 0 Å². The van der Waals surface area contributed by atoms with Gasteiger partial charge in [-0.1, -0.05) is 36.0 Å². The van der Waals surface area contributed by atoms with Gasteiger partial charge >= 0.3 is 0 Å². The molecule has 0 N–H and O–H groups in total. The third-order valence-electron chi connectivity index (χ3n) is 2.17. The van der Waals surface area contributed by atoms with Gasteiger partial charge in [0, 0.05) is 4.91 Å². The highest BCUT2D eigenvalue weighted by Crippen LogP contribution is 2.26. The molecule has 1 aliphatic heterocycles. The average Bonchev–Trinajstić information content (AvgIpc) is 2.62. The predicted molar refractivity (Wildman–Crippen MR) is 53.5 cm³/mol. The molecule has 2 aliphatic rings. The lowest BCUT2D eigenvalue weighted by Crippen LogP contribution is -2.21. The van der Waals surface area contributed by atoms with Crippen LogP contribution in [-0.4, -0.2) is 11.6 Å². The van der Waals surface area contributed by atoms with Crippen LogP contribution in [0.25, 0.3) is 11.0 Å². The summed E-state index contributed by atoms with van der Waals surface area (Å²) in [6.45, 7) is 0. The van der Waals surface area contributed by atoms with E-state index >= 15 is 0 Å². The fraction of sp³-hybridized carbons (Fsp3) is 0.100. The monoisotopic (exact) mass is 173 g/mol. The molecule has 0 atom stereocenters. The van der Waals surface area contributed by atoms with Crippen molar-refractivity contribution in [2.45, 2.75) is 0 Å². The highest BCUT2D eigenvalue weighted by atomic mass is 32.2. The second-order valence-corrected chi connectivity index (χ2v) is 3.83. The van der Waals surface area contributed by atoms with Gasteiger partial charge in [0.15, 0.2) is 0 Å². The number of hydrogen-bond donors (Lipinski definition) is 0. The van der Waals surface area contributed by atoms with Crippen molar-refractivity contribution in [3.63, 3.8) is 0 Å². The Bertz CT molecular complexity index is 485. The lowest BCUT2D eigenvalue weighted by molar-refractivity contribution is 1.42. The molecule has 3 rings (SSSR count).